The zero-order valence-corrected chi connectivity index (χ0v) is 14.6. The first-order chi connectivity index (χ1) is 11.0. The first kappa shape index (κ1) is 17.8. The molecule has 1 aliphatic heterocycles. The molecular formula is C17H25N3O2S. The minimum absolute atomic E-state index is 0.0922. The molecule has 0 saturated carbocycles. The van der Waals surface area contributed by atoms with Crippen LogP contribution in [0.2, 0.25) is 0 Å². The molecule has 1 aliphatic rings. The fourth-order valence-corrected chi connectivity index (χ4v) is 3.24. The molecule has 1 heterocycles. The smallest absolute Gasteiger partial charge is 0.241 e. The molecule has 0 unspecified atom stereocenters. The van der Waals surface area contributed by atoms with Gasteiger partial charge in [0.25, 0.3) is 0 Å². The van der Waals surface area contributed by atoms with Gasteiger partial charge in [-0.25, -0.2) is 0 Å². The molecule has 6 heteroatoms. The summed E-state index contributed by atoms with van der Waals surface area (Å²) in [5.41, 5.74) is 7.49. The van der Waals surface area contributed by atoms with E-state index in [1.807, 2.05) is 54.8 Å². The zero-order chi connectivity index (χ0) is 16.8. The van der Waals surface area contributed by atoms with Crippen molar-refractivity contribution < 1.29 is 9.59 Å². The molecule has 3 N–H and O–H groups in total. The van der Waals surface area contributed by atoms with E-state index in [1.165, 1.54) is 0 Å². The molecule has 0 aromatic heterocycles. The first-order valence-corrected chi connectivity index (χ1v) is 9.13. The SMILES string of the molecule is CC(C)[C@H](N)C(=O)Nc1ccc(CC(=O)N2CCSCC2)cc1. The van der Waals surface area contributed by atoms with Crippen molar-refractivity contribution >= 4 is 29.3 Å². The van der Waals surface area contributed by atoms with Crippen molar-refractivity contribution in [2.24, 2.45) is 11.7 Å². The summed E-state index contributed by atoms with van der Waals surface area (Å²) in [6.07, 6.45) is 0.407. The monoisotopic (exact) mass is 335 g/mol. The minimum Gasteiger partial charge on any atom is -0.341 e. The first-order valence-electron chi connectivity index (χ1n) is 7.98. The molecule has 1 saturated heterocycles. The van der Waals surface area contributed by atoms with Gasteiger partial charge in [-0.05, 0) is 23.6 Å². The van der Waals surface area contributed by atoms with Gasteiger partial charge >= 0.3 is 0 Å². The predicted octanol–water partition coefficient (Wildman–Crippen LogP) is 1.73. The summed E-state index contributed by atoms with van der Waals surface area (Å²) < 4.78 is 0. The van der Waals surface area contributed by atoms with Crippen molar-refractivity contribution in [3.63, 3.8) is 0 Å². The number of anilines is 1. The average Bonchev–Trinajstić information content (AvgIpc) is 2.56. The molecule has 126 valence electrons. The number of nitrogens with one attached hydrogen (secondary N) is 1. The zero-order valence-electron chi connectivity index (χ0n) is 13.7. The Bertz CT molecular complexity index is 539. The molecule has 23 heavy (non-hydrogen) atoms. The van der Waals surface area contributed by atoms with Gasteiger partial charge in [0.05, 0.1) is 12.5 Å². The van der Waals surface area contributed by atoms with Gasteiger partial charge < -0.3 is 16.0 Å². The van der Waals surface area contributed by atoms with Crippen LogP contribution in [0.15, 0.2) is 24.3 Å². The van der Waals surface area contributed by atoms with Crippen molar-refractivity contribution in [3.05, 3.63) is 29.8 Å². The number of rotatable bonds is 5. The van der Waals surface area contributed by atoms with E-state index in [2.05, 4.69) is 5.32 Å². The van der Waals surface area contributed by atoms with Gasteiger partial charge in [0.1, 0.15) is 0 Å². The van der Waals surface area contributed by atoms with Gasteiger partial charge in [0, 0.05) is 30.3 Å². The number of carbonyl (C=O) groups is 2. The summed E-state index contributed by atoms with van der Waals surface area (Å²) in [4.78, 5) is 26.1. The van der Waals surface area contributed by atoms with Crippen molar-refractivity contribution in [2.75, 3.05) is 29.9 Å². The number of thioether (sulfide) groups is 1. The van der Waals surface area contributed by atoms with Crippen LogP contribution < -0.4 is 11.1 Å². The molecule has 1 fully saturated rings. The van der Waals surface area contributed by atoms with E-state index in [1.54, 1.807) is 0 Å². The van der Waals surface area contributed by atoms with E-state index in [0.717, 1.165) is 30.2 Å². The molecule has 1 atom stereocenters. The fraction of sp³-hybridized carbons (Fsp3) is 0.529. The van der Waals surface area contributed by atoms with Gasteiger partial charge in [-0.2, -0.15) is 11.8 Å². The van der Waals surface area contributed by atoms with Crippen LogP contribution in [0.5, 0.6) is 0 Å². The van der Waals surface area contributed by atoms with Crippen LogP contribution in [0.3, 0.4) is 0 Å². The second kappa shape index (κ2) is 8.36. The number of benzene rings is 1. The van der Waals surface area contributed by atoms with Crippen LogP contribution in [-0.4, -0.2) is 47.4 Å². The largest absolute Gasteiger partial charge is 0.341 e. The lowest BCUT2D eigenvalue weighted by molar-refractivity contribution is -0.130. The number of nitrogens with two attached hydrogens (primary N) is 1. The van der Waals surface area contributed by atoms with Crippen molar-refractivity contribution in [1.82, 2.24) is 4.90 Å². The van der Waals surface area contributed by atoms with Gasteiger partial charge in [0.15, 0.2) is 0 Å². The number of hydrogen-bond acceptors (Lipinski definition) is 4. The van der Waals surface area contributed by atoms with Crippen LogP contribution in [0.1, 0.15) is 19.4 Å². The summed E-state index contributed by atoms with van der Waals surface area (Å²) in [6.45, 7) is 5.51. The van der Waals surface area contributed by atoms with Gasteiger partial charge in [-0.3, -0.25) is 9.59 Å². The molecule has 2 amide bonds. The number of amides is 2. The maximum atomic E-state index is 12.2. The van der Waals surface area contributed by atoms with Crippen molar-refractivity contribution in [1.29, 1.82) is 0 Å². The minimum atomic E-state index is -0.520. The average molecular weight is 335 g/mol. The Hall–Kier alpha value is -1.53. The summed E-state index contributed by atoms with van der Waals surface area (Å²) in [7, 11) is 0. The molecular weight excluding hydrogens is 310 g/mol. The Morgan fingerprint density at radius 3 is 2.39 bits per heavy atom. The second-order valence-corrected chi connectivity index (χ2v) is 7.35. The summed E-state index contributed by atoms with van der Waals surface area (Å²) in [6, 6.07) is 6.88. The maximum Gasteiger partial charge on any atom is 0.241 e. The van der Waals surface area contributed by atoms with Crippen LogP contribution in [0.25, 0.3) is 0 Å². The summed E-state index contributed by atoms with van der Waals surface area (Å²) in [5, 5.41) is 2.80. The molecule has 0 bridgehead atoms. The van der Waals surface area contributed by atoms with Crippen molar-refractivity contribution in [2.45, 2.75) is 26.3 Å². The standard InChI is InChI=1S/C17H25N3O2S/c1-12(2)16(18)17(22)19-14-5-3-13(4-6-14)11-15(21)20-7-9-23-10-8-20/h3-6,12,16H,7-11,18H2,1-2H3,(H,19,22)/t16-/m0/s1. The Morgan fingerprint density at radius 1 is 1.22 bits per heavy atom. The van der Waals surface area contributed by atoms with Gasteiger partial charge in [0.2, 0.25) is 11.8 Å². The molecule has 0 spiro atoms. The highest BCUT2D eigenvalue weighted by Gasteiger charge is 2.18. The fourth-order valence-electron chi connectivity index (χ4n) is 2.33. The number of carbonyl (C=O) groups excluding carboxylic acids is 2. The van der Waals surface area contributed by atoms with Crippen molar-refractivity contribution in [3.8, 4) is 0 Å². The second-order valence-electron chi connectivity index (χ2n) is 6.13. The molecule has 0 aliphatic carbocycles. The van der Waals surface area contributed by atoms with Gasteiger partial charge in [-0.15, -0.1) is 0 Å². The highest BCUT2D eigenvalue weighted by molar-refractivity contribution is 7.99. The van der Waals surface area contributed by atoms with Crippen LogP contribution in [0.4, 0.5) is 5.69 Å². The highest BCUT2D eigenvalue weighted by atomic mass is 32.2. The summed E-state index contributed by atoms with van der Waals surface area (Å²) >= 11 is 1.89. The molecule has 5 nitrogen and oxygen atoms in total. The van der Waals surface area contributed by atoms with E-state index in [9.17, 15) is 9.59 Å². The van der Waals surface area contributed by atoms with Gasteiger partial charge in [-0.1, -0.05) is 26.0 Å². The Balaban J connectivity index is 1.89. The molecule has 2 rings (SSSR count). The topological polar surface area (TPSA) is 75.4 Å². The summed E-state index contributed by atoms with van der Waals surface area (Å²) in [5.74, 6) is 2.12. The third kappa shape index (κ3) is 5.25. The number of nitrogens with zero attached hydrogens (tertiary/aromatic N) is 1. The van der Waals surface area contributed by atoms with E-state index in [-0.39, 0.29) is 17.7 Å². The molecule has 1 aromatic carbocycles. The lowest BCUT2D eigenvalue weighted by Crippen LogP contribution is -2.39. The number of hydrogen-bond donors (Lipinski definition) is 2. The normalized spacial score (nSPS) is 16.3. The Kier molecular flexibility index (Phi) is 6.47. The molecule has 1 aromatic rings. The van der Waals surface area contributed by atoms with E-state index >= 15 is 0 Å². The quantitative estimate of drug-likeness (QED) is 0.859. The third-order valence-corrected chi connectivity index (χ3v) is 4.90. The Labute approximate surface area is 142 Å². The van der Waals surface area contributed by atoms with Crippen LogP contribution in [0, 0.1) is 5.92 Å². The highest BCUT2D eigenvalue weighted by Crippen LogP contribution is 2.14. The van der Waals surface area contributed by atoms with Crippen LogP contribution >= 0.6 is 11.8 Å². The van der Waals surface area contributed by atoms with E-state index in [4.69, 9.17) is 5.73 Å². The lowest BCUT2D eigenvalue weighted by atomic mass is 10.0. The lowest BCUT2D eigenvalue weighted by Gasteiger charge is -2.26. The van der Waals surface area contributed by atoms with E-state index < -0.39 is 6.04 Å². The Morgan fingerprint density at radius 2 is 1.83 bits per heavy atom. The molecule has 0 radical (unpaired) electrons. The van der Waals surface area contributed by atoms with E-state index in [0.29, 0.717) is 12.1 Å². The maximum absolute atomic E-state index is 12.2. The predicted molar refractivity (Wildman–Crippen MR) is 95.5 cm³/mol. The third-order valence-electron chi connectivity index (χ3n) is 3.96. The van der Waals surface area contributed by atoms with Crippen LogP contribution in [-0.2, 0) is 16.0 Å².